The minimum absolute atomic E-state index is 0.249. The van der Waals surface area contributed by atoms with Crippen molar-refractivity contribution >= 4 is 10.0 Å². The molecular formula is C19H21FN2O2S. The van der Waals surface area contributed by atoms with E-state index in [1.54, 1.807) is 42.5 Å². The number of nitrogens with zero attached hydrogens (tertiary/aromatic N) is 1. The van der Waals surface area contributed by atoms with Crippen LogP contribution in [-0.4, -0.2) is 26.4 Å². The minimum Gasteiger partial charge on any atom is -0.281 e. The summed E-state index contributed by atoms with van der Waals surface area (Å²) >= 11 is 0. The summed E-state index contributed by atoms with van der Waals surface area (Å²) in [5.41, 5.74) is 0.00148. The Bertz CT molecular complexity index is 847. The molecule has 0 radical (unpaired) electrons. The third-order valence-corrected chi connectivity index (χ3v) is 6.92. The molecule has 25 heavy (non-hydrogen) atoms. The quantitative estimate of drug-likeness (QED) is 0.912. The van der Waals surface area contributed by atoms with E-state index in [0.717, 1.165) is 31.5 Å². The first kappa shape index (κ1) is 16.7. The van der Waals surface area contributed by atoms with Crippen LogP contribution in [0.3, 0.4) is 0 Å². The summed E-state index contributed by atoms with van der Waals surface area (Å²) in [6, 6.07) is 14.6. The van der Waals surface area contributed by atoms with Gasteiger partial charge < -0.3 is 0 Å². The lowest BCUT2D eigenvalue weighted by Gasteiger charge is -2.54. The Morgan fingerprint density at radius 3 is 2.20 bits per heavy atom. The minimum atomic E-state index is -3.68. The summed E-state index contributed by atoms with van der Waals surface area (Å²) in [6.07, 6.45) is 2.87. The highest BCUT2D eigenvalue weighted by Crippen LogP contribution is 2.44. The average molecular weight is 360 g/mol. The normalized spacial score (nSPS) is 28.8. The molecule has 3 aliphatic rings. The largest absolute Gasteiger partial charge is 0.281 e. The maximum Gasteiger partial charge on any atom is 0.242 e. The Balaban J connectivity index is 1.78. The smallest absolute Gasteiger partial charge is 0.242 e. The van der Waals surface area contributed by atoms with E-state index in [1.807, 2.05) is 0 Å². The van der Waals surface area contributed by atoms with E-state index in [-0.39, 0.29) is 10.7 Å². The first-order valence-corrected chi connectivity index (χ1v) is 10.1. The van der Waals surface area contributed by atoms with Crippen molar-refractivity contribution < 1.29 is 12.8 Å². The molecule has 2 aromatic carbocycles. The summed E-state index contributed by atoms with van der Waals surface area (Å²) in [4.78, 5) is 2.44. The van der Waals surface area contributed by atoms with Crippen molar-refractivity contribution in [2.24, 2.45) is 5.92 Å². The Morgan fingerprint density at radius 1 is 1.00 bits per heavy atom. The molecule has 0 aliphatic carbocycles. The van der Waals surface area contributed by atoms with Crippen LogP contribution >= 0.6 is 0 Å². The van der Waals surface area contributed by atoms with Gasteiger partial charge in [0.1, 0.15) is 11.5 Å². The van der Waals surface area contributed by atoms with Gasteiger partial charge in [0.2, 0.25) is 10.0 Å². The maximum atomic E-state index is 13.4. The number of halogens is 1. The van der Waals surface area contributed by atoms with E-state index in [9.17, 15) is 12.8 Å². The Hall–Kier alpha value is -1.76. The number of hydrogen-bond donors (Lipinski definition) is 1. The van der Waals surface area contributed by atoms with Crippen LogP contribution in [0.25, 0.3) is 0 Å². The summed E-state index contributed by atoms with van der Waals surface area (Å²) < 4.78 is 42.4. The SMILES string of the molecule is O=S(=O)(NC1(c2ccc(F)cc2)CC2CCN1CC2)c1ccccc1. The van der Waals surface area contributed by atoms with Crippen LogP contribution in [-0.2, 0) is 15.7 Å². The van der Waals surface area contributed by atoms with Gasteiger partial charge in [-0.1, -0.05) is 30.3 Å². The zero-order chi connectivity index (χ0) is 17.5. The molecule has 3 aliphatic heterocycles. The van der Waals surface area contributed by atoms with E-state index in [1.165, 1.54) is 12.1 Å². The fourth-order valence-electron chi connectivity index (χ4n) is 4.14. The van der Waals surface area contributed by atoms with Crippen LogP contribution in [0.1, 0.15) is 24.8 Å². The van der Waals surface area contributed by atoms with Crippen molar-refractivity contribution in [2.75, 3.05) is 13.1 Å². The lowest BCUT2D eigenvalue weighted by Crippen LogP contribution is -2.64. The molecule has 1 unspecified atom stereocenters. The number of hydrogen-bond acceptors (Lipinski definition) is 3. The molecule has 5 rings (SSSR count). The van der Waals surface area contributed by atoms with E-state index >= 15 is 0 Å². The van der Waals surface area contributed by atoms with Crippen molar-refractivity contribution in [1.29, 1.82) is 0 Å². The van der Waals surface area contributed by atoms with Crippen LogP contribution in [0.4, 0.5) is 4.39 Å². The van der Waals surface area contributed by atoms with Gasteiger partial charge in [-0.3, -0.25) is 4.90 Å². The highest BCUT2D eigenvalue weighted by atomic mass is 32.2. The van der Waals surface area contributed by atoms with Crippen molar-refractivity contribution in [1.82, 2.24) is 9.62 Å². The topological polar surface area (TPSA) is 49.4 Å². The summed E-state index contributed by atoms with van der Waals surface area (Å²) in [7, 11) is -3.68. The van der Waals surface area contributed by atoms with Gasteiger partial charge in [0.25, 0.3) is 0 Å². The van der Waals surface area contributed by atoms with Gasteiger partial charge in [-0.2, -0.15) is 4.72 Å². The van der Waals surface area contributed by atoms with Crippen molar-refractivity contribution in [3.63, 3.8) is 0 Å². The molecule has 0 aromatic heterocycles. The third-order valence-electron chi connectivity index (χ3n) is 5.42. The standard InChI is InChI=1S/C19H21FN2O2S/c20-17-8-6-16(7-9-17)19(14-15-10-12-22(19)13-11-15)21-25(23,24)18-4-2-1-3-5-18/h1-9,15,21H,10-14H2. The van der Waals surface area contributed by atoms with Gasteiger partial charge in [-0.05, 0) is 55.0 Å². The number of benzene rings is 2. The molecule has 1 N–H and O–H groups in total. The fourth-order valence-corrected chi connectivity index (χ4v) is 5.55. The zero-order valence-electron chi connectivity index (χ0n) is 13.9. The number of fused-ring (bicyclic) bond motifs is 3. The van der Waals surface area contributed by atoms with Crippen LogP contribution < -0.4 is 4.72 Å². The zero-order valence-corrected chi connectivity index (χ0v) is 14.7. The molecule has 0 spiro atoms. The fraction of sp³-hybridized carbons (Fsp3) is 0.368. The van der Waals surface area contributed by atoms with Gasteiger partial charge in [-0.25, -0.2) is 12.8 Å². The Morgan fingerprint density at radius 2 is 1.64 bits per heavy atom. The molecule has 4 nitrogen and oxygen atoms in total. The van der Waals surface area contributed by atoms with Crippen molar-refractivity contribution in [3.05, 3.63) is 66.0 Å². The number of nitrogens with one attached hydrogen (secondary N) is 1. The second-order valence-corrected chi connectivity index (χ2v) is 8.60. The third kappa shape index (κ3) is 2.99. The van der Waals surface area contributed by atoms with Gasteiger partial charge in [0.05, 0.1) is 4.90 Å². The van der Waals surface area contributed by atoms with Crippen LogP contribution in [0.15, 0.2) is 59.5 Å². The molecule has 3 heterocycles. The second kappa shape index (κ2) is 6.20. The van der Waals surface area contributed by atoms with Gasteiger partial charge in [0, 0.05) is 13.1 Å². The first-order valence-electron chi connectivity index (χ1n) is 8.60. The average Bonchev–Trinajstić information content (AvgIpc) is 2.63. The van der Waals surface area contributed by atoms with E-state index < -0.39 is 15.7 Å². The summed E-state index contributed by atoms with van der Waals surface area (Å²) in [5, 5.41) is 0. The predicted octanol–water partition coefficient (Wildman–Crippen LogP) is 3.07. The number of piperidine rings is 3. The van der Waals surface area contributed by atoms with Gasteiger partial charge in [0.15, 0.2) is 0 Å². The molecule has 2 bridgehead atoms. The van der Waals surface area contributed by atoms with Crippen LogP contribution in [0.2, 0.25) is 0 Å². The van der Waals surface area contributed by atoms with Crippen molar-refractivity contribution in [2.45, 2.75) is 29.8 Å². The lowest BCUT2D eigenvalue weighted by atomic mass is 9.76. The molecule has 3 fully saturated rings. The van der Waals surface area contributed by atoms with Gasteiger partial charge >= 0.3 is 0 Å². The maximum absolute atomic E-state index is 13.4. The lowest BCUT2D eigenvalue weighted by molar-refractivity contribution is -0.0415. The Labute approximate surface area is 147 Å². The van der Waals surface area contributed by atoms with Crippen molar-refractivity contribution in [3.8, 4) is 0 Å². The van der Waals surface area contributed by atoms with E-state index in [0.29, 0.717) is 12.3 Å². The van der Waals surface area contributed by atoms with E-state index in [4.69, 9.17) is 0 Å². The summed E-state index contributed by atoms with van der Waals surface area (Å²) in [5.74, 6) is 0.161. The monoisotopic (exact) mass is 360 g/mol. The number of rotatable bonds is 4. The van der Waals surface area contributed by atoms with Crippen LogP contribution in [0.5, 0.6) is 0 Å². The number of sulfonamides is 1. The van der Waals surface area contributed by atoms with Gasteiger partial charge in [-0.15, -0.1) is 0 Å². The molecular weight excluding hydrogens is 339 g/mol. The highest BCUT2D eigenvalue weighted by Gasteiger charge is 2.49. The Kier molecular flexibility index (Phi) is 4.14. The second-order valence-electron chi connectivity index (χ2n) is 6.92. The summed E-state index contributed by atoms with van der Waals surface area (Å²) in [6.45, 7) is 1.69. The molecule has 3 saturated heterocycles. The first-order chi connectivity index (χ1) is 12.0. The molecule has 1 atom stereocenters. The molecule has 0 saturated carbocycles. The highest BCUT2D eigenvalue weighted by molar-refractivity contribution is 7.89. The molecule has 6 heteroatoms. The van der Waals surface area contributed by atoms with Crippen LogP contribution in [0, 0.1) is 11.7 Å². The molecule has 2 aromatic rings. The molecule has 0 amide bonds. The predicted molar refractivity (Wildman–Crippen MR) is 93.8 cm³/mol. The van der Waals surface area contributed by atoms with E-state index in [2.05, 4.69) is 9.62 Å². The molecule has 132 valence electrons.